The molecule has 0 atom stereocenters. The topological polar surface area (TPSA) is 38.1 Å². The van der Waals surface area contributed by atoms with Gasteiger partial charge in [0.2, 0.25) is 5.91 Å². The molecule has 140 valence electrons. The van der Waals surface area contributed by atoms with E-state index in [0.29, 0.717) is 6.54 Å². The minimum atomic E-state index is 0.0559. The number of aromatic nitrogens is 2. The van der Waals surface area contributed by atoms with Gasteiger partial charge in [0.1, 0.15) is 12.4 Å². The van der Waals surface area contributed by atoms with Crippen LogP contribution in [0.2, 0.25) is 0 Å². The number of hydrogen-bond acceptors (Lipinski definition) is 2. The van der Waals surface area contributed by atoms with Gasteiger partial charge in [0.05, 0.1) is 11.0 Å². The van der Waals surface area contributed by atoms with Gasteiger partial charge < -0.3 is 9.47 Å². The van der Waals surface area contributed by atoms with Crippen molar-refractivity contribution in [2.24, 2.45) is 0 Å². The van der Waals surface area contributed by atoms with Crippen LogP contribution in [-0.2, 0) is 17.9 Å². The van der Waals surface area contributed by atoms with Crippen LogP contribution in [0, 0.1) is 6.92 Å². The van der Waals surface area contributed by atoms with Gasteiger partial charge >= 0.3 is 0 Å². The number of hydrogen-bond donors (Lipinski definition) is 0. The maximum atomic E-state index is 13.0. The van der Waals surface area contributed by atoms with Gasteiger partial charge in [-0.15, -0.1) is 0 Å². The van der Waals surface area contributed by atoms with E-state index in [0.717, 1.165) is 28.0 Å². The van der Waals surface area contributed by atoms with Crippen LogP contribution < -0.4 is 0 Å². The van der Waals surface area contributed by atoms with Gasteiger partial charge in [0, 0.05) is 19.2 Å². The summed E-state index contributed by atoms with van der Waals surface area (Å²) in [4.78, 5) is 19.5. The Balaban J connectivity index is 1.66. The van der Waals surface area contributed by atoms with E-state index >= 15 is 0 Å². The number of nitrogens with zero attached hydrogens (tertiary/aromatic N) is 3. The number of benzene rings is 3. The molecule has 4 heteroatoms. The molecule has 0 aliphatic rings. The fourth-order valence-electron chi connectivity index (χ4n) is 3.36. The predicted molar refractivity (Wildman–Crippen MR) is 113 cm³/mol. The van der Waals surface area contributed by atoms with E-state index in [2.05, 4.69) is 31.2 Å². The Hall–Kier alpha value is -3.40. The van der Waals surface area contributed by atoms with Crippen molar-refractivity contribution in [1.29, 1.82) is 0 Å². The normalized spacial score (nSPS) is 10.9. The van der Waals surface area contributed by atoms with Gasteiger partial charge in [0.15, 0.2) is 0 Å². The summed E-state index contributed by atoms with van der Waals surface area (Å²) in [6, 6.07) is 26.3. The number of imidazole rings is 1. The Kier molecular flexibility index (Phi) is 4.94. The highest BCUT2D eigenvalue weighted by atomic mass is 16.2. The van der Waals surface area contributed by atoms with E-state index in [1.807, 2.05) is 66.2 Å². The van der Waals surface area contributed by atoms with Crippen molar-refractivity contribution in [2.45, 2.75) is 20.0 Å². The lowest BCUT2D eigenvalue weighted by molar-refractivity contribution is -0.130. The molecule has 0 saturated heterocycles. The van der Waals surface area contributed by atoms with Crippen LogP contribution in [-0.4, -0.2) is 27.4 Å². The summed E-state index contributed by atoms with van der Waals surface area (Å²) in [5, 5.41) is 0. The van der Waals surface area contributed by atoms with E-state index in [1.54, 1.807) is 4.90 Å². The van der Waals surface area contributed by atoms with Gasteiger partial charge in [-0.3, -0.25) is 4.79 Å². The first kappa shape index (κ1) is 18.0. The summed E-state index contributed by atoms with van der Waals surface area (Å²) in [6.45, 7) is 2.91. The second kappa shape index (κ2) is 7.69. The van der Waals surface area contributed by atoms with Crippen molar-refractivity contribution in [3.8, 4) is 11.4 Å². The number of amides is 1. The van der Waals surface area contributed by atoms with E-state index in [1.165, 1.54) is 5.56 Å². The van der Waals surface area contributed by atoms with E-state index in [4.69, 9.17) is 4.98 Å². The molecule has 0 radical (unpaired) electrons. The first-order valence-corrected chi connectivity index (χ1v) is 9.42. The zero-order chi connectivity index (χ0) is 19.5. The molecule has 1 heterocycles. The molecule has 4 rings (SSSR count). The summed E-state index contributed by atoms with van der Waals surface area (Å²) in [6.07, 6.45) is 0. The smallest absolute Gasteiger partial charge is 0.242 e. The average molecular weight is 369 g/mol. The molecule has 28 heavy (non-hydrogen) atoms. The van der Waals surface area contributed by atoms with Gasteiger partial charge in [-0.25, -0.2) is 4.98 Å². The Bertz CT molecular complexity index is 1100. The number of rotatable bonds is 5. The lowest BCUT2D eigenvalue weighted by atomic mass is 10.1. The Morgan fingerprint density at radius 1 is 0.929 bits per heavy atom. The van der Waals surface area contributed by atoms with Crippen LogP contribution >= 0.6 is 0 Å². The monoisotopic (exact) mass is 369 g/mol. The molecule has 0 bridgehead atoms. The number of likely N-dealkylation sites (N-methyl/N-ethyl adjacent to an activating group) is 1. The molecular formula is C24H23N3O. The van der Waals surface area contributed by atoms with Crippen molar-refractivity contribution in [2.75, 3.05) is 7.05 Å². The standard InChI is InChI=1S/C24H23N3O/c1-18-12-14-20(15-13-18)24-25-21-10-6-7-11-22(21)27(24)17-23(28)26(2)16-19-8-4-3-5-9-19/h3-15H,16-17H2,1-2H3. The van der Waals surface area contributed by atoms with Crippen molar-refractivity contribution >= 4 is 16.9 Å². The molecule has 1 amide bonds. The lowest BCUT2D eigenvalue weighted by Crippen LogP contribution is -2.30. The number of para-hydroxylation sites is 2. The third-order valence-corrected chi connectivity index (χ3v) is 4.95. The van der Waals surface area contributed by atoms with Crippen LogP contribution in [0.4, 0.5) is 0 Å². The maximum absolute atomic E-state index is 13.0. The molecule has 0 unspecified atom stereocenters. The summed E-state index contributed by atoms with van der Waals surface area (Å²) in [7, 11) is 1.85. The molecule has 0 aliphatic carbocycles. The summed E-state index contributed by atoms with van der Waals surface area (Å²) in [5.74, 6) is 0.878. The van der Waals surface area contributed by atoms with E-state index in [-0.39, 0.29) is 12.5 Å². The van der Waals surface area contributed by atoms with Crippen molar-refractivity contribution in [3.63, 3.8) is 0 Å². The fraction of sp³-hybridized carbons (Fsp3) is 0.167. The number of fused-ring (bicyclic) bond motifs is 1. The average Bonchev–Trinajstić information content (AvgIpc) is 3.08. The highest BCUT2D eigenvalue weighted by Crippen LogP contribution is 2.25. The van der Waals surface area contributed by atoms with Gasteiger partial charge in [0.25, 0.3) is 0 Å². The van der Waals surface area contributed by atoms with E-state index < -0.39 is 0 Å². The largest absolute Gasteiger partial charge is 0.340 e. The zero-order valence-corrected chi connectivity index (χ0v) is 16.2. The predicted octanol–water partition coefficient (Wildman–Crippen LogP) is 4.67. The van der Waals surface area contributed by atoms with Gasteiger partial charge in [-0.1, -0.05) is 72.3 Å². The highest BCUT2D eigenvalue weighted by molar-refractivity contribution is 5.84. The molecule has 3 aromatic carbocycles. The zero-order valence-electron chi connectivity index (χ0n) is 16.2. The molecule has 4 aromatic rings. The number of carbonyl (C=O) groups is 1. The van der Waals surface area contributed by atoms with E-state index in [9.17, 15) is 4.79 Å². The molecule has 1 aromatic heterocycles. The van der Waals surface area contributed by atoms with Gasteiger partial charge in [-0.2, -0.15) is 0 Å². The lowest BCUT2D eigenvalue weighted by Gasteiger charge is -2.19. The molecule has 0 fully saturated rings. The Morgan fingerprint density at radius 2 is 1.61 bits per heavy atom. The first-order chi connectivity index (χ1) is 13.6. The number of aryl methyl sites for hydroxylation is 1. The first-order valence-electron chi connectivity index (χ1n) is 9.42. The molecule has 0 N–H and O–H groups in total. The fourth-order valence-corrected chi connectivity index (χ4v) is 3.36. The molecule has 0 aliphatic heterocycles. The van der Waals surface area contributed by atoms with Crippen LogP contribution in [0.3, 0.4) is 0 Å². The van der Waals surface area contributed by atoms with Crippen molar-refractivity contribution in [3.05, 3.63) is 90.0 Å². The summed E-state index contributed by atoms with van der Waals surface area (Å²) < 4.78 is 2.02. The number of carbonyl (C=O) groups excluding carboxylic acids is 1. The highest BCUT2D eigenvalue weighted by Gasteiger charge is 2.17. The molecule has 0 spiro atoms. The molecular weight excluding hydrogens is 346 g/mol. The Morgan fingerprint density at radius 3 is 2.36 bits per heavy atom. The Labute approximate surface area is 165 Å². The second-order valence-corrected chi connectivity index (χ2v) is 7.11. The third-order valence-electron chi connectivity index (χ3n) is 4.95. The third kappa shape index (κ3) is 3.67. The summed E-state index contributed by atoms with van der Waals surface area (Å²) in [5.41, 5.74) is 5.20. The quantitative estimate of drug-likeness (QED) is 0.513. The SMILES string of the molecule is Cc1ccc(-c2nc3ccccc3n2CC(=O)N(C)Cc2ccccc2)cc1. The molecule has 0 saturated carbocycles. The van der Waals surface area contributed by atoms with Crippen LogP contribution in [0.1, 0.15) is 11.1 Å². The maximum Gasteiger partial charge on any atom is 0.242 e. The summed E-state index contributed by atoms with van der Waals surface area (Å²) >= 11 is 0. The van der Waals surface area contributed by atoms with Crippen LogP contribution in [0.5, 0.6) is 0 Å². The van der Waals surface area contributed by atoms with Crippen molar-refractivity contribution in [1.82, 2.24) is 14.5 Å². The molecule has 4 nitrogen and oxygen atoms in total. The van der Waals surface area contributed by atoms with Crippen LogP contribution in [0.15, 0.2) is 78.9 Å². The minimum absolute atomic E-state index is 0.0559. The van der Waals surface area contributed by atoms with Gasteiger partial charge in [-0.05, 0) is 24.6 Å². The minimum Gasteiger partial charge on any atom is -0.340 e. The van der Waals surface area contributed by atoms with Crippen LogP contribution in [0.25, 0.3) is 22.4 Å². The van der Waals surface area contributed by atoms with Crippen molar-refractivity contribution < 1.29 is 4.79 Å². The second-order valence-electron chi connectivity index (χ2n) is 7.11.